The van der Waals surface area contributed by atoms with Crippen LogP contribution in [0.1, 0.15) is 11.1 Å². The van der Waals surface area contributed by atoms with E-state index in [1.54, 1.807) is 12.4 Å². The van der Waals surface area contributed by atoms with Crippen LogP contribution >= 0.6 is 0 Å². The molecule has 58 heavy (non-hydrogen) atoms. The number of carbonyl (C=O) groups excluding carboxylic acids is 1. The Bertz CT molecular complexity index is 2830. The molecule has 4 aromatic carbocycles. The molecule has 0 aliphatic carbocycles. The van der Waals surface area contributed by atoms with Crippen molar-refractivity contribution in [1.29, 1.82) is 0 Å². The summed E-state index contributed by atoms with van der Waals surface area (Å²) in [7, 11) is 3.20. The summed E-state index contributed by atoms with van der Waals surface area (Å²) in [5, 5.41) is 10.4. The van der Waals surface area contributed by atoms with E-state index in [1.165, 1.54) is 7.11 Å². The van der Waals surface area contributed by atoms with Gasteiger partial charge < -0.3 is 34.3 Å². The van der Waals surface area contributed by atoms with Gasteiger partial charge in [-0.15, -0.1) is 0 Å². The van der Waals surface area contributed by atoms with Crippen molar-refractivity contribution in [3.8, 4) is 68.9 Å². The van der Waals surface area contributed by atoms with Gasteiger partial charge in [0.1, 0.15) is 34.3 Å². The van der Waals surface area contributed by atoms with Crippen molar-refractivity contribution in [3.63, 3.8) is 0 Å². The number of benzene rings is 4. The summed E-state index contributed by atoms with van der Waals surface area (Å²) < 4.78 is 18.6. The molecule has 0 amide bonds. The number of H-pyrrole nitrogens is 1. The Morgan fingerprint density at radius 3 is 1.78 bits per heavy atom. The third-order valence-corrected chi connectivity index (χ3v) is 8.47. The second kappa shape index (κ2) is 19.6. The average molecular weight is 777 g/mol. The third-order valence-electron chi connectivity index (χ3n) is 8.47. The van der Waals surface area contributed by atoms with Crippen LogP contribution in [0.3, 0.4) is 0 Å². The first-order valence-electron chi connectivity index (χ1n) is 17.3. The second-order valence-corrected chi connectivity index (χ2v) is 12.2. The van der Waals surface area contributed by atoms with Crippen molar-refractivity contribution in [1.82, 2.24) is 19.5 Å². The maximum absolute atomic E-state index is 11.4. The molecule has 0 aliphatic heterocycles. The number of carboxylic acid groups (broad SMARTS) is 1. The van der Waals surface area contributed by atoms with Gasteiger partial charge in [-0.2, -0.15) is 0 Å². The molecule has 280 valence electrons. The largest absolute Gasteiger partial charge is 1.00 e. The topological polar surface area (TPSA) is 159 Å². The molecule has 0 fully saturated rings. The number of aliphatic carboxylic acids is 1. The van der Waals surface area contributed by atoms with Crippen LogP contribution in [0.25, 0.3) is 44.3 Å². The zero-order valence-electron chi connectivity index (χ0n) is 31.6. The van der Waals surface area contributed by atoms with Crippen molar-refractivity contribution in [2.75, 3.05) is 7.11 Å². The number of carbonyl (C=O) groups is 2. The fourth-order valence-corrected chi connectivity index (χ4v) is 5.87. The number of rotatable bonds is 6. The molecule has 0 atom stereocenters. The monoisotopic (exact) mass is 776 g/mol. The van der Waals surface area contributed by atoms with E-state index in [9.17, 15) is 9.59 Å². The number of hydrogen-bond acceptors (Lipinski definition) is 8. The van der Waals surface area contributed by atoms with E-state index >= 15 is 0 Å². The number of ether oxygens (including phenoxy) is 3. The molecule has 0 saturated heterocycles. The minimum absolute atomic E-state index is 0. The molecule has 8 aromatic rings. The van der Waals surface area contributed by atoms with Crippen LogP contribution in [0.2, 0.25) is 0 Å². The number of nitrogens with zero attached hydrogens (tertiary/aromatic N) is 3. The number of aromatic nitrogens is 4. The first kappa shape index (κ1) is 42.0. The second-order valence-electron chi connectivity index (χ2n) is 12.2. The van der Waals surface area contributed by atoms with Crippen LogP contribution < -0.4 is 39.0 Å². The molecule has 0 bridgehead atoms. The number of esters is 1. The Morgan fingerprint density at radius 2 is 1.21 bits per heavy atom. The van der Waals surface area contributed by atoms with Gasteiger partial charge in [-0.25, -0.2) is 19.6 Å². The summed E-state index contributed by atoms with van der Waals surface area (Å²) in [6, 6.07) is 38.6. The maximum Gasteiger partial charge on any atom is 1.00 e. The molecule has 0 spiro atoms. The summed E-state index contributed by atoms with van der Waals surface area (Å²) in [4.78, 5) is 34.2. The summed E-state index contributed by atoms with van der Waals surface area (Å²) in [6.07, 6.45) is 7.07. The third kappa shape index (κ3) is 10.00. The van der Waals surface area contributed by atoms with Crippen molar-refractivity contribution in [2.24, 2.45) is 7.05 Å². The standard InChI is InChI=1S/C24H18N2O3.C22H14N2O3.Na.H2O/c1-26-16-17(12-13-23(27)28-2)21-14-18(15-25-24(21)26)20-10-6-7-11-22(20)29-19-8-4-3-5-9-19;25-21(26)11-10-15-13-23-22-19(15)12-16(14-24-22)18-8-4-5-9-20(18)27-17-6-2-1-3-7-17;;/h3-11,14-16H,1-2H3;1-9,12-14H,(H,23,24)(H,25,26);;1H2/q;;+1;/p-1. The number of nitrogens with one attached hydrogen (secondary N) is 1. The Morgan fingerprint density at radius 1 is 0.690 bits per heavy atom. The van der Waals surface area contributed by atoms with Gasteiger partial charge in [0, 0.05) is 76.7 Å². The average Bonchev–Trinajstić information content (AvgIpc) is 3.79. The Balaban J connectivity index is 0.000000214. The van der Waals surface area contributed by atoms with Crippen molar-refractivity contribution < 1.29 is 63.9 Å². The minimum atomic E-state index is -1.17. The molecular weight excluding hydrogens is 744 g/mol. The molecule has 12 heteroatoms. The predicted molar refractivity (Wildman–Crippen MR) is 216 cm³/mol. The molecule has 3 N–H and O–H groups in total. The first-order valence-corrected chi connectivity index (χ1v) is 17.3. The summed E-state index contributed by atoms with van der Waals surface area (Å²) in [6.45, 7) is 0. The van der Waals surface area contributed by atoms with Crippen LogP contribution in [-0.2, 0) is 21.4 Å². The zero-order valence-corrected chi connectivity index (χ0v) is 33.6. The fourth-order valence-electron chi connectivity index (χ4n) is 5.87. The summed E-state index contributed by atoms with van der Waals surface area (Å²) >= 11 is 0. The van der Waals surface area contributed by atoms with Gasteiger partial charge >= 0.3 is 41.5 Å². The van der Waals surface area contributed by atoms with Crippen LogP contribution in [0.15, 0.2) is 146 Å². The number of aromatic amines is 1. The summed E-state index contributed by atoms with van der Waals surface area (Å²) in [5.74, 6) is 11.3. The normalized spacial score (nSPS) is 9.90. The Labute approximate surface area is 355 Å². The van der Waals surface area contributed by atoms with Gasteiger partial charge in [0.2, 0.25) is 0 Å². The van der Waals surface area contributed by atoms with E-state index in [1.807, 2.05) is 145 Å². The van der Waals surface area contributed by atoms with E-state index < -0.39 is 11.9 Å². The predicted octanol–water partition coefficient (Wildman–Crippen LogP) is 5.84. The number of aryl methyl sites for hydroxylation is 1. The van der Waals surface area contributed by atoms with Crippen LogP contribution in [0.4, 0.5) is 0 Å². The SMILES string of the molecule is COC(=O)C#Cc1cn(C)c2ncc(-c3ccccc3Oc3ccccc3)cc12.O=C(O)C#Cc1c[nH]c2ncc(-c3ccccc3Oc3ccccc3)cc12.[Na+].[OH-]. The van der Waals surface area contributed by atoms with Gasteiger partial charge in [0.25, 0.3) is 0 Å². The number of para-hydroxylation sites is 4. The van der Waals surface area contributed by atoms with Gasteiger partial charge in [-0.05, 0) is 48.5 Å². The number of pyridine rings is 2. The number of methoxy groups -OCH3 is 1. The fraction of sp³-hybridized carbons (Fsp3) is 0.0435. The van der Waals surface area contributed by atoms with Crippen LogP contribution in [-0.4, -0.2) is 49.2 Å². The van der Waals surface area contributed by atoms with E-state index in [0.717, 1.165) is 55.9 Å². The minimum Gasteiger partial charge on any atom is -0.870 e. The first-order chi connectivity index (χ1) is 27.4. The van der Waals surface area contributed by atoms with Gasteiger partial charge in [0.15, 0.2) is 0 Å². The van der Waals surface area contributed by atoms with E-state index in [-0.39, 0.29) is 35.0 Å². The zero-order chi connectivity index (χ0) is 38.9. The smallest absolute Gasteiger partial charge is 0.870 e. The molecule has 0 unspecified atom stereocenters. The Hall–Kier alpha value is -7.12. The Kier molecular flexibility index (Phi) is 14.2. The molecular formula is C46H33N4NaO7. The van der Waals surface area contributed by atoms with Crippen LogP contribution in [0.5, 0.6) is 23.0 Å². The molecule has 11 nitrogen and oxygen atoms in total. The van der Waals surface area contributed by atoms with Gasteiger partial charge in [-0.3, -0.25) is 0 Å². The van der Waals surface area contributed by atoms with E-state index in [0.29, 0.717) is 22.5 Å². The molecule has 0 saturated carbocycles. The molecule has 4 heterocycles. The van der Waals surface area contributed by atoms with Gasteiger partial charge in [0.05, 0.1) is 18.2 Å². The van der Waals surface area contributed by atoms with E-state index in [4.69, 9.17) is 14.6 Å². The number of hydrogen-bond donors (Lipinski definition) is 2. The van der Waals surface area contributed by atoms with Crippen molar-refractivity contribution in [3.05, 3.63) is 157 Å². The van der Waals surface area contributed by atoms with Crippen molar-refractivity contribution >= 4 is 34.0 Å². The molecule has 0 aliphatic rings. The van der Waals surface area contributed by atoms with Crippen molar-refractivity contribution in [2.45, 2.75) is 0 Å². The van der Waals surface area contributed by atoms with Gasteiger partial charge in [-0.1, -0.05) is 84.6 Å². The molecule has 0 radical (unpaired) electrons. The number of carboxylic acids is 1. The van der Waals surface area contributed by atoms with Crippen LogP contribution in [0, 0.1) is 23.7 Å². The quantitative estimate of drug-likeness (QED) is 0.120. The molecule has 8 rings (SSSR count). The molecule has 4 aromatic heterocycles. The number of fused-ring (bicyclic) bond motifs is 2. The maximum atomic E-state index is 11.4. The summed E-state index contributed by atoms with van der Waals surface area (Å²) in [5.41, 5.74) is 6.28. The van der Waals surface area contributed by atoms with E-state index in [2.05, 4.69) is 43.4 Å².